The Morgan fingerprint density at radius 1 is 1.08 bits per heavy atom. The summed E-state index contributed by atoms with van der Waals surface area (Å²) in [5.41, 5.74) is 10.3. The summed E-state index contributed by atoms with van der Waals surface area (Å²) < 4.78 is 32.1. The van der Waals surface area contributed by atoms with Crippen molar-refractivity contribution in [3.05, 3.63) is 53.6 Å². The monoisotopic (exact) mass is 532 g/mol. The van der Waals surface area contributed by atoms with Gasteiger partial charge in [-0.1, -0.05) is 43.2 Å². The van der Waals surface area contributed by atoms with Gasteiger partial charge >= 0.3 is 0 Å². The lowest BCUT2D eigenvalue weighted by Gasteiger charge is -2.37. The van der Waals surface area contributed by atoms with Crippen molar-refractivity contribution in [2.75, 3.05) is 20.2 Å². The van der Waals surface area contributed by atoms with Crippen LogP contribution in [0.3, 0.4) is 0 Å². The fourth-order valence-electron chi connectivity index (χ4n) is 5.31. The van der Waals surface area contributed by atoms with Gasteiger partial charge in [0.2, 0.25) is 15.9 Å². The van der Waals surface area contributed by atoms with Gasteiger partial charge in [-0.05, 0) is 86.8 Å². The third kappa shape index (κ3) is 6.71. The highest BCUT2D eigenvalue weighted by molar-refractivity contribution is 7.91. The van der Waals surface area contributed by atoms with Crippen LogP contribution in [-0.4, -0.2) is 59.6 Å². The van der Waals surface area contributed by atoms with E-state index in [0.29, 0.717) is 31.8 Å². The Balaban J connectivity index is 0.000000695. The number of hydrogen-bond acceptors (Lipinski definition) is 6. The summed E-state index contributed by atoms with van der Waals surface area (Å²) in [6.45, 7) is 5.56. The molecule has 1 aliphatic carbocycles. The number of sulfonamides is 1. The molecule has 0 unspecified atom stereocenters. The molecule has 1 amide bonds. The van der Waals surface area contributed by atoms with E-state index < -0.39 is 26.5 Å². The lowest BCUT2D eigenvalue weighted by molar-refractivity contribution is -0.127. The molecular formula is C28H40N2O6S. The van der Waals surface area contributed by atoms with Crippen LogP contribution in [0.4, 0.5) is 0 Å². The van der Waals surface area contributed by atoms with E-state index in [0.717, 1.165) is 42.6 Å². The number of benzene rings is 2. The van der Waals surface area contributed by atoms with Gasteiger partial charge in [0.1, 0.15) is 5.75 Å². The van der Waals surface area contributed by atoms with E-state index in [4.69, 9.17) is 20.7 Å². The van der Waals surface area contributed by atoms with Crippen molar-refractivity contribution >= 4 is 15.9 Å². The molecule has 9 heteroatoms. The highest BCUT2D eigenvalue weighted by Crippen LogP contribution is 2.41. The first kappa shape index (κ1) is 29.1. The summed E-state index contributed by atoms with van der Waals surface area (Å²) in [6.07, 6.45) is 3.64. The summed E-state index contributed by atoms with van der Waals surface area (Å²) in [5.74, 6) is -1.07. The second-order valence-electron chi connectivity index (χ2n) is 10.5. The van der Waals surface area contributed by atoms with E-state index in [-0.39, 0.29) is 0 Å². The van der Waals surface area contributed by atoms with Gasteiger partial charge in [0.15, 0.2) is 10.5 Å². The van der Waals surface area contributed by atoms with Crippen LogP contribution in [0.5, 0.6) is 5.75 Å². The first-order valence-electron chi connectivity index (χ1n) is 12.8. The maximum Gasteiger partial charge on any atom is 0.240 e. The zero-order valence-corrected chi connectivity index (χ0v) is 23.1. The van der Waals surface area contributed by atoms with Crippen LogP contribution in [0, 0.1) is 6.92 Å². The zero-order chi connectivity index (χ0) is 27.4. The Bertz CT molecular complexity index is 1190. The molecule has 0 aromatic heterocycles. The molecule has 204 valence electrons. The number of primary amides is 1. The Hall–Kier alpha value is -2.46. The zero-order valence-electron chi connectivity index (χ0n) is 22.2. The van der Waals surface area contributed by atoms with Crippen LogP contribution in [0.1, 0.15) is 69.4 Å². The normalized spacial score (nSPS) is 18.6. The molecule has 2 aromatic rings. The second-order valence-corrected chi connectivity index (χ2v) is 12.8. The number of aliphatic hydroxyl groups is 2. The molecule has 0 radical (unpaired) electrons. The molecule has 8 nitrogen and oxygen atoms in total. The number of carbonyl (C=O) groups excluding carboxylic acids is 1. The molecular weight excluding hydrogens is 492 g/mol. The van der Waals surface area contributed by atoms with E-state index in [1.165, 1.54) is 29.3 Å². The minimum Gasteiger partial charge on any atom is -0.497 e. The highest BCUT2D eigenvalue weighted by Gasteiger charge is 2.54. The molecule has 0 atom stereocenters. The summed E-state index contributed by atoms with van der Waals surface area (Å²) in [7, 11) is -2.07. The lowest BCUT2D eigenvalue weighted by Crippen LogP contribution is -2.55. The van der Waals surface area contributed by atoms with Crippen molar-refractivity contribution in [3.8, 4) is 16.9 Å². The molecule has 1 aliphatic heterocycles. The second kappa shape index (κ2) is 11.5. The van der Waals surface area contributed by atoms with Gasteiger partial charge in [-0.3, -0.25) is 4.79 Å². The standard InChI is InChI=1S/C25H32N2O4S.C3H8O2/c1-18-16-20(8-9-23(18)21-6-5-7-22(17-21)31-2)19-10-14-27(15-11-19)32(29,30)25(24(26)28)12-3-4-13-25;1-3(2,4)5/h5-9,16-17,19H,3-4,10-15H2,1-2H3,(H2,26,28);4-5H,1-2H3. The average molecular weight is 533 g/mol. The van der Waals surface area contributed by atoms with Crippen LogP contribution >= 0.6 is 0 Å². The minimum absolute atomic E-state index is 0.299. The summed E-state index contributed by atoms with van der Waals surface area (Å²) >= 11 is 0. The van der Waals surface area contributed by atoms with Crippen LogP contribution in [-0.2, 0) is 14.8 Å². The quantitative estimate of drug-likeness (QED) is 0.487. The Morgan fingerprint density at radius 2 is 1.68 bits per heavy atom. The molecule has 2 aliphatic rings. The molecule has 1 saturated heterocycles. The summed E-state index contributed by atoms with van der Waals surface area (Å²) in [5, 5.41) is 16.2. The van der Waals surface area contributed by atoms with Gasteiger partial charge in [-0.25, -0.2) is 12.7 Å². The molecule has 0 spiro atoms. The van der Waals surface area contributed by atoms with Gasteiger partial charge < -0.3 is 20.7 Å². The topological polar surface area (TPSA) is 130 Å². The number of methoxy groups -OCH3 is 1. The Labute approximate surface area is 220 Å². The molecule has 1 heterocycles. The predicted molar refractivity (Wildman–Crippen MR) is 145 cm³/mol. The Morgan fingerprint density at radius 3 is 2.19 bits per heavy atom. The molecule has 2 aromatic carbocycles. The third-order valence-corrected chi connectivity index (χ3v) is 9.89. The van der Waals surface area contributed by atoms with Crippen LogP contribution in [0.25, 0.3) is 11.1 Å². The van der Waals surface area contributed by atoms with Crippen LogP contribution in [0.15, 0.2) is 42.5 Å². The van der Waals surface area contributed by atoms with Crippen LogP contribution < -0.4 is 10.5 Å². The first-order valence-corrected chi connectivity index (χ1v) is 14.2. The SMILES string of the molecule is CC(C)(O)O.COc1cccc(-c2ccc(C3CCN(S(=O)(=O)C4(C(N)=O)CCCC4)CC3)cc2C)c1. The number of rotatable bonds is 6. The molecule has 37 heavy (non-hydrogen) atoms. The fourth-order valence-corrected chi connectivity index (χ4v) is 7.55. The summed E-state index contributed by atoms with van der Waals surface area (Å²) in [6, 6.07) is 14.5. The van der Waals surface area contributed by atoms with Gasteiger partial charge in [-0.15, -0.1) is 0 Å². The molecule has 4 N–H and O–H groups in total. The van der Waals surface area contributed by atoms with E-state index in [1.807, 2.05) is 18.2 Å². The van der Waals surface area contributed by atoms with Crippen molar-refractivity contribution in [1.29, 1.82) is 0 Å². The van der Waals surface area contributed by atoms with Crippen molar-refractivity contribution < 1.29 is 28.2 Å². The number of ether oxygens (including phenoxy) is 1. The van der Waals surface area contributed by atoms with E-state index >= 15 is 0 Å². The third-order valence-electron chi connectivity index (χ3n) is 7.25. The molecule has 4 rings (SSSR count). The van der Waals surface area contributed by atoms with Crippen LogP contribution in [0.2, 0.25) is 0 Å². The van der Waals surface area contributed by atoms with E-state index in [1.54, 1.807) is 7.11 Å². The van der Waals surface area contributed by atoms with E-state index in [9.17, 15) is 13.2 Å². The van der Waals surface area contributed by atoms with Gasteiger partial charge in [0.25, 0.3) is 0 Å². The van der Waals surface area contributed by atoms with Gasteiger partial charge in [0.05, 0.1) is 7.11 Å². The van der Waals surface area contributed by atoms with Crippen molar-refractivity contribution in [2.45, 2.75) is 75.7 Å². The smallest absolute Gasteiger partial charge is 0.240 e. The highest BCUT2D eigenvalue weighted by atomic mass is 32.2. The number of nitrogens with two attached hydrogens (primary N) is 1. The maximum atomic E-state index is 13.3. The largest absolute Gasteiger partial charge is 0.497 e. The fraction of sp³-hybridized carbons (Fsp3) is 0.536. The van der Waals surface area contributed by atoms with Crippen molar-refractivity contribution in [2.24, 2.45) is 5.73 Å². The molecule has 1 saturated carbocycles. The van der Waals surface area contributed by atoms with E-state index in [2.05, 4.69) is 31.2 Å². The molecule has 0 bridgehead atoms. The Kier molecular flexibility index (Phi) is 9.06. The number of aryl methyl sites for hydroxylation is 1. The number of carbonyl (C=O) groups is 1. The average Bonchev–Trinajstić information content (AvgIpc) is 3.35. The predicted octanol–water partition coefficient (Wildman–Crippen LogP) is 3.69. The van der Waals surface area contributed by atoms with Crippen molar-refractivity contribution in [1.82, 2.24) is 4.31 Å². The molecule has 2 fully saturated rings. The lowest BCUT2D eigenvalue weighted by atomic mass is 9.87. The van der Waals surface area contributed by atoms with Gasteiger partial charge in [-0.2, -0.15) is 0 Å². The number of nitrogens with zero attached hydrogens (tertiary/aromatic N) is 1. The van der Waals surface area contributed by atoms with Crippen molar-refractivity contribution in [3.63, 3.8) is 0 Å². The number of amides is 1. The summed E-state index contributed by atoms with van der Waals surface area (Å²) in [4.78, 5) is 12.1. The first-order chi connectivity index (χ1) is 17.3. The minimum atomic E-state index is -3.74. The maximum absolute atomic E-state index is 13.3. The number of hydrogen-bond donors (Lipinski definition) is 3. The van der Waals surface area contributed by atoms with Gasteiger partial charge in [0, 0.05) is 13.1 Å². The number of piperidine rings is 1.